The Kier molecular flexibility index (Phi) is 4.71. The average Bonchev–Trinajstić information content (AvgIpc) is 2.71. The van der Waals surface area contributed by atoms with Crippen molar-refractivity contribution in [3.63, 3.8) is 0 Å². The first kappa shape index (κ1) is 16.8. The zero-order valence-electron chi connectivity index (χ0n) is 13.9. The molecule has 2 nitrogen and oxygen atoms in total. The van der Waals surface area contributed by atoms with Crippen molar-refractivity contribution in [1.82, 2.24) is 4.98 Å². The molecule has 1 aromatic heterocycles. The maximum Gasteiger partial charge on any atom is 0.262 e. The SMILES string of the molecule is O=c1[nH]c(-c2ccccc2)c(-c2ccccc2)c(-c2ccccc2)c1I. The van der Waals surface area contributed by atoms with Crippen LogP contribution in [0.4, 0.5) is 0 Å². The van der Waals surface area contributed by atoms with Crippen molar-refractivity contribution in [3.8, 4) is 33.5 Å². The first-order chi connectivity index (χ1) is 12.8. The molecule has 4 rings (SSSR count). The van der Waals surface area contributed by atoms with Crippen LogP contribution in [0, 0.1) is 3.57 Å². The van der Waals surface area contributed by atoms with Gasteiger partial charge in [-0.2, -0.15) is 0 Å². The van der Waals surface area contributed by atoms with Crippen LogP contribution in [-0.4, -0.2) is 4.98 Å². The van der Waals surface area contributed by atoms with Crippen molar-refractivity contribution in [1.29, 1.82) is 0 Å². The molecule has 0 spiro atoms. The van der Waals surface area contributed by atoms with Gasteiger partial charge < -0.3 is 4.98 Å². The van der Waals surface area contributed by atoms with Crippen molar-refractivity contribution < 1.29 is 0 Å². The van der Waals surface area contributed by atoms with Gasteiger partial charge in [0, 0.05) is 11.1 Å². The van der Waals surface area contributed by atoms with Gasteiger partial charge in [0.05, 0.1) is 9.26 Å². The predicted octanol–water partition coefficient (Wildman–Crippen LogP) is 5.98. The molecule has 0 atom stereocenters. The van der Waals surface area contributed by atoms with Crippen molar-refractivity contribution in [2.24, 2.45) is 0 Å². The van der Waals surface area contributed by atoms with Gasteiger partial charge in [-0.05, 0) is 39.3 Å². The summed E-state index contributed by atoms with van der Waals surface area (Å²) in [6.07, 6.45) is 0. The van der Waals surface area contributed by atoms with Gasteiger partial charge in [-0.1, -0.05) is 91.0 Å². The molecule has 3 heteroatoms. The molecule has 1 heterocycles. The van der Waals surface area contributed by atoms with Crippen LogP contribution in [-0.2, 0) is 0 Å². The molecule has 0 fully saturated rings. The number of H-pyrrole nitrogens is 1. The van der Waals surface area contributed by atoms with Crippen LogP contribution in [0.3, 0.4) is 0 Å². The Balaban J connectivity index is 2.14. The monoisotopic (exact) mass is 449 g/mol. The molecule has 0 radical (unpaired) electrons. The standard InChI is InChI=1S/C23H16INO/c24-21-19(16-10-4-1-5-11-16)20(17-12-6-2-7-13-17)22(25-23(21)26)18-14-8-3-9-15-18/h1-15H,(H,25,26). The Hall–Kier alpha value is -2.66. The minimum Gasteiger partial charge on any atom is -0.320 e. The van der Waals surface area contributed by atoms with E-state index in [0.717, 1.165) is 33.5 Å². The van der Waals surface area contributed by atoms with Crippen molar-refractivity contribution in [2.45, 2.75) is 0 Å². The van der Waals surface area contributed by atoms with E-state index in [2.05, 4.69) is 51.8 Å². The highest BCUT2D eigenvalue weighted by molar-refractivity contribution is 14.1. The Bertz CT molecular complexity index is 1090. The first-order valence-electron chi connectivity index (χ1n) is 8.38. The highest BCUT2D eigenvalue weighted by atomic mass is 127. The third-order valence-electron chi connectivity index (χ3n) is 4.34. The lowest BCUT2D eigenvalue weighted by atomic mass is 9.91. The van der Waals surface area contributed by atoms with E-state index in [4.69, 9.17) is 0 Å². The number of benzene rings is 3. The number of hydrogen-bond acceptors (Lipinski definition) is 1. The third-order valence-corrected chi connectivity index (χ3v) is 5.37. The quantitative estimate of drug-likeness (QED) is 0.384. The van der Waals surface area contributed by atoms with E-state index in [1.54, 1.807) is 0 Å². The molecule has 4 aromatic rings. The van der Waals surface area contributed by atoms with Crippen molar-refractivity contribution in [2.75, 3.05) is 0 Å². The lowest BCUT2D eigenvalue weighted by molar-refractivity contribution is 1.22. The van der Waals surface area contributed by atoms with Gasteiger partial charge in [0.2, 0.25) is 0 Å². The summed E-state index contributed by atoms with van der Waals surface area (Å²) in [6, 6.07) is 30.3. The Morgan fingerprint density at radius 1 is 0.577 bits per heavy atom. The Morgan fingerprint density at radius 3 is 1.50 bits per heavy atom. The highest BCUT2D eigenvalue weighted by Crippen LogP contribution is 2.39. The summed E-state index contributed by atoms with van der Waals surface area (Å²) in [6.45, 7) is 0. The molecule has 0 saturated heterocycles. The number of hydrogen-bond donors (Lipinski definition) is 1. The number of pyridine rings is 1. The van der Waals surface area contributed by atoms with Crippen LogP contribution in [0.2, 0.25) is 0 Å². The van der Waals surface area contributed by atoms with Gasteiger partial charge in [-0.3, -0.25) is 4.79 Å². The lowest BCUT2D eigenvalue weighted by Gasteiger charge is -2.17. The van der Waals surface area contributed by atoms with E-state index in [-0.39, 0.29) is 5.56 Å². The molecule has 1 N–H and O–H groups in total. The second-order valence-electron chi connectivity index (χ2n) is 5.99. The molecular weight excluding hydrogens is 433 g/mol. The zero-order chi connectivity index (χ0) is 17.9. The van der Waals surface area contributed by atoms with E-state index < -0.39 is 0 Å². The Labute approximate surface area is 165 Å². The third kappa shape index (κ3) is 3.10. The molecule has 126 valence electrons. The normalized spacial score (nSPS) is 10.7. The molecule has 26 heavy (non-hydrogen) atoms. The summed E-state index contributed by atoms with van der Waals surface area (Å²) in [4.78, 5) is 15.8. The number of aromatic amines is 1. The fourth-order valence-corrected chi connectivity index (χ4v) is 3.89. The smallest absolute Gasteiger partial charge is 0.262 e. The van der Waals surface area contributed by atoms with Gasteiger partial charge in [0.15, 0.2) is 0 Å². The summed E-state index contributed by atoms with van der Waals surface area (Å²) in [5.74, 6) is 0. The maximum atomic E-state index is 12.7. The second kappa shape index (κ2) is 7.30. The van der Waals surface area contributed by atoms with Crippen molar-refractivity contribution >= 4 is 22.6 Å². The average molecular weight is 449 g/mol. The lowest BCUT2D eigenvalue weighted by Crippen LogP contribution is -2.14. The summed E-state index contributed by atoms with van der Waals surface area (Å²) in [7, 11) is 0. The minimum atomic E-state index is -0.0667. The molecular formula is C23H16INO. The maximum absolute atomic E-state index is 12.7. The first-order valence-corrected chi connectivity index (χ1v) is 9.45. The summed E-state index contributed by atoms with van der Waals surface area (Å²) < 4.78 is 0.701. The number of halogens is 1. The van der Waals surface area contributed by atoms with Gasteiger partial charge in [-0.15, -0.1) is 0 Å². The summed E-state index contributed by atoms with van der Waals surface area (Å²) in [5.41, 5.74) is 5.92. The van der Waals surface area contributed by atoms with E-state index >= 15 is 0 Å². The van der Waals surface area contributed by atoms with Crippen LogP contribution in [0.5, 0.6) is 0 Å². The topological polar surface area (TPSA) is 32.9 Å². The van der Waals surface area contributed by atoms with Crippen LogP contribution in [0.1, 0.15) is 0 Å². The number of nitrogens with one attached hydrogen (secondary N) is 1. The minimum absolute atomic E-state index is 0.0667. The van der Waals surface area contributed by atoms with Gasteiger partial charge in [-0.25, -0.2) is 0 Å². The second-order valence-corrected chi connectivity index (χ2v) is 7.07. The molecule has 0 aliphatic carbocycles. The number of aromatic nitrogens is 1. The molecule has 3 aromatic carbocycles. The van der Waals surface area contributed by atoms with Gasteiger partial charge in [0.1, 0.15) is 0 Å². The molecule has 0 bridgehead atoms. The summed E-state index contributed by atoms with van der Waals surface area (Å²) >= 11 is 2.15. The van der Waals surface area contributed by atoms with E-state index in [1.165, 1.54) is 0 Å². The molecule has 0 saturated carbocycles. The van der Waals surface area contributed by atoms with E-state index in [1.807, 2.05) is 66.7 Å². The molecule has 0 aliphatic heterocycles. The largest absolute Gasteiger partial charge is 0.320 e. The van der Waals surface area contributed by atoms with Crippen LogP contribution in [0.15, 0.2) is 95.8 Å². The fourth-order valence-electron chi connectivity index (χ4n) is 3.17. The van der Waals surface area contributed by atoms with Gasteiger partial charge >= 0.3 is 0 Å². The van der Waals surface area contributed by atoms with Crippen LogP contribution >= 0.6 is 22.6 Å². The number of rotatable bonds is 3. The fraction of sp³-hybridized carbons (Fsp3) is 0. The molecule has 0 aliphatic rings. The zero-order valence-corrected chi connectivity index (χ0v) is 16.1. The van der Waals surface area contributed by atoms with Crippen LogP contribution in [0.25, 0.3) is 33.5 Å². The Morgan fingerprint density at radius 2 is 1.00 bits per heavy atom. The molecule has 0 unspecified atom stereocenters. The molecule has 0 amide bonds. The summed E-state index contributed by atoms with van der Waals surface area (Å²) in [5, 5.41) is 0. The van der Waals surface area contributed by atoms with E-state index in [0.29, 0.717) is 3.57 Å². The van der Waals surface area contributed by atoms with E-state index in [9.17, 15) is 4.79 Å². The highest BCUT2D eigenvalue weighted by Gasteiger charge is 2.19. The predicted molar refractivity (Wildman–Crippen MR) is 116 cm³/mol. The van der Waals surface area contributed by atoms with Crippen LogP contribution < -0.4 is 5.56 Å². The van der Waals surface area contributed by atoms with Gasteiger partial charge in [0.25, 0.3) is 5.56 Å². The van der Waals surface area contributed by atoms with Crippen molar-refractivity contribution in [3.05, 3.63) is 105 Å².